The van der Waals surface area contributed by atoms with Crippen LogP contribution in [0.4, 0.5) is 0 Å². The fourth-order valence-electron chi connectivity index (χ4n) is 16.6. The van der Waals surface area contributed by atoms with E-state index in [-0.39, 0.29) is 83.8 Å². The number of aromatic nitrogens is 2. The summed E-state index contributed by atoms with van der Waals surface area (Å²) >= 11 is 0.791. The number of amides is 16. The van der Waals surface area contributed by atoms with Crippen LogP contribution in [0.3, 0.4) is 0 Å². The third kappa shape index (κ3) is 28.9. The van der Waals surface area contributed by atoms with Crippen molar-refractivity contribution in [3.63, 3.8) is 0 Å². The molecule has 5 aromatic rings. The van der Waals surface area contributed by atoms with E-state index in [9.17, 15) is 63.0 Å². The lowest BCUT2D eigenvalue weighted by Gasteiger charge is -2.36. The van der Waals surface area contributed by atoms with Crippen LogP contribution < -0.4 is 86.6 Å². The number of para-hydroxylation sites is 2. The van der Waals surface area contributed by atoms with E-state index in [0.717, 1.165) is 21.6 Å². The molecule has 4 heterocycles. The average Bonchev–Trinajstić information content (AvgIpc) is 1.51. The van der Waals surface area contributed by atoms with Crippen molar-refractivity contribution in [1.82, 2.24) is 82.7 Å². The van der Waals surface area contributed by atoms with E-state index in [1.165, 1.54) is 45.0 Å². The van der Waals surface area contributed by atoms with E-state index >= 15 is 33.6 Å². The number of nitrogens with one attached hydrogen (secondary N) is 12. The van der Waals surface area contributed by atoms with Gasteiger partial charge in [0.25, 0.3) is 0 Å². The number of aliphatic carboxylic acids is 1. The Morgan fingerprint density at radius 2 is 1.05 bits per heavy atom. The number of rotatable bonds is 27. The zero-order chi connectivity index (χ0) is 96.7. The second-order valence-corrected chi connectivity index (χ2v) is 34.6. The van der Waals surface area contributed by atoms with Crippen LogP contribution in [-0.2, 0) is 106 Å². The molecule has 16 amide bonds. The van der Waals surface area contributed by atoms with Gasteiger partial charge in [-0.3, -0.25) is 86.3 Å². The number of unbranched alkanes of at least 4 members (excludes halogenated alkanes) is 2. The van der Waals surface area contributed by atoms with Gasteiger partial charge in [0.1, 0.15) is 78.3 Å². The summed E-state index contributed by atoms with van der Waals surface area (Å²) in [6.45, 7) is 3.22. The molecule has 1 saturated carbocycles. The molecule has 3 aliphatic rings. The third-order valence-corrected chi connectivity index (χ3v) is 25.2. The minimum absolute atomic E-state index is 0.00676. The van der Waals surface area contributed by atoms with Crippen molar-refractivity contribution in [2.24, 2.45) is 40.5 Å². The summed E-state index contributed by atoms with van der Waals surface area (Å²) in [5.41, 5.74) is 32.3. The molecule has 24 N–H and O–H groups in total. The standard InChI is InChI=1S/C89H127N21O21S/c1-8-10-23-69-84(125)101-61(22-16-33-90)80(121)106-68(79(120)97-45-73(94)113)46-132-47-74(114)98-64(36-49-26-28-53(131-7)29-27-49)86(127)107(4)48(3)77(118)103-66(41-72(93)112)88(129)110-35-17-25-70(110)85(126)105-67(42-92)83(124)99-60(30-31-75(115)116)76(117)56-39-52(111)40-57(56)78(119)102-63(37-50-43-95-58-20-14-12-18-54(50)58)82(123)100-62(32-34-91)81(122)104-65(38-51-44-96-59-21-15-13-19-55(51)59)87(128)109(6)71(24-11-9-2)89(130)108(69)5/h12-15,18-21,26-29,43-44,48,52,56-57,60-71,95-96,111H,8-11,16-17,22-25,30-42,45-47,90-92H2,1-7H3,(H2,93,112)(H2,94,113)(H,97,120)(H,98,114)(H,99,124)(H,100,123)(H,101,125)(H,102,119)(H,103,118)(H,104,122)(H,105,126)(H,106,121)(H,115,116)/t48-,52-,56?,57+,60-,61-,62-,63-,64-,65-,66-,67-,68-,69-,70-,71-/m0/s1. The Hall–Kier alpha value is -12.6. The summed E-state index contributed by atoms with van der Waals surface area (Å²) in [6, 6.07) is 0.412. The van der Waals surface area contributed by atoms with Gasteiger partial charge in [-0.05, 0) is 125 Å². The zero-order valence-corrected chi connectivity index (χ0v) is 76.3. The van der Waals surface area contributed by atoms with Gasteiger partial charge in [-0.2, -0.15) is 0 Å². The molecule has 2 aliphatic heterocycles. The minimum atomic E-state index is -1.79. The molecule has 3 fully saturated rings. The zero-order valence-electron chi connectivity index (χ0n) is 75.4. The summed E-state index contributed by atoms with van der Waals surface area (Å²) in [6.07, 6.45) is -0.272. The number of ether oxygens (including phenoxy) is 1. The van der Waals surface area contributed by atoms with Gasteiger partial charge in [-0.25, -0.2) is 0 Å². The van der Waals surface area contributed by atoms with E-state index in [0.29, 0.717) is 69.9 Å². The number of ketones is 1. The molecule has 1 unspecified atom stereocenters. The Morgan fingerprint density at radius 3 is 1.65 bits per heavy atom. The number of methoxy groups -OCH3 is 1. The van der Waals surface area contributed by atoms with Gasteiger partial charge >= 0.3 is 5.97 Å². The highest BCUT2D eigenvalue weighted by Crippen LogP contribution is 2.36. The maximum absolute atomic E-state index is 15.8. The van der Waals surface area contributed by atoms with E-state index in [1.54, 1.807) is 85.2 Å². The summed E-state index contributed by atoms with van der Waals surface area (Å²) < 4.78 is 5.33. The SMILES string of the molecule is CCCC[C@H]1C(=O)N(C)[C@@H](CCCC)C(=O)N[C@@H](CCCN)C(=O)N[C@H](C(=O)NCC(N)=O)CSCC(=O)N[C@@H](Cc2ccc(OC)cc2)C(=O)N(C)[C@@H](C)C(=O)N[C@@H](CC(N)=O)C(=O)N2CCC[C@H]2C(=O)N[C@@H](CN)C(=O)N[C@@H](CCC(=O)O)C(=O)C2C[C@H](O)C[C@H]2C(=O)N[C@@H](Cc2c[nH]c3ccccc23)C(=O)N[C@@H](CCN)C(=O)N[C@@H](Cc2c[nH]c3ccccc23)C(=O)N1C. The molecule has 132 heavy (non-hydrogen) atoms. The van der Waals surface area contributed by atoms with Crippen LogP contribution in [0.2, 0.25) is 0 Å². The van der Waals surface area contributed by atoms with E-state index in [2.05, 4.69) is 63.1 Å². The Kier molecular flexibility index (Phi) is 40.2. The second-order valence-electron chi connectivity index (χ2n) is 33.6. The van der Waals surface area contributed by atoms with Crippen molar-refractivity contribution in [2.75, 3.05) is 72.5 Å². The van der Waals surface area contributed by atoms with Gasteiger partial charge in [0.2, 0.25) is 94.5 Å². The summed E-state index contributed by atoms with van der Waals surface area (Å²) in [4.78, 5) is 272. The predicted molar refractivity (Wildman–Crippen MR) is 486 cm³/mol. The predicted octanol–water partition coefficient (Wildman–Crippen LogP) is -2.99. The molecule has 2 saturated heterocycles. The highest BCUT2D eigenvalue weighted by molar-refractivity contribution is 8.00. The van der Waals surface area contributed by atoms with Gasteiger partial charge in [0.05, 0.1) is 43.9 Å². The number of carboxylic acids is 1. The normalized spacial score (nSPS) is 25.6. The Balaban J connectivity index is 1.19. The van der Waals surface area contributed by atoms with Crippen molar-refractivity contribution < 1.29 is 101 Å². The fourth-order valence-corrected chi connectivity index (χ4v) is 17.5. The van der Waals surface area contributed by atoms with Crippen molar-refractivity contribution >= 4 is 140 Å². The van der Waals surface area contributed by atoms with E-state index < -0.39 is 259 Å². The van der Waals surface area contributed by atoms with Crippen LogP contribution in [0.5, 0.6) is 5.75 Å². The van der Waals surface area contributed by atoms with Gasteiger partial charge in [-0.1, -0.05) is 88.1 Å². The number of H-pyrrole nitrogens is 2. The molecule has 3 aromatic carbocycles. The number of carbonyl (C=O) groups excluding carboxylic acids is 17. The molecule has 8 rings (SSSR count). The van der Waals surface area contributed by atoms with Gasteiger partial charge in [0, 0.05) is 106 Å². The number of Topliss-reactive ketones (excluding diaryl/α,β-unsaturated/α-hetero) is 1. The van der Waals surface area contributed by atoms with Gasteiger partial charge < -0.3 is 126 Å². The van der Waals surface area contributed by atoms with Crippen LogP contribution >= 0.6 is 11.8 Å². The molecule has 720 valence electrons. The van der Waals surface area contributed by atoms with Crippen molar-refractivity contribution in [2.45, 2.75) is 227 Å². The number of aromatic amines is 2. The fraction of sp³-hybridized carbons (Fsp3) is 0.551. The lowest BCUT2D eigenvalue weighted by Crippen LogP contribution is -2.61. The quantitative estimate of drug-likeness (QED) is 0.0249. The Bertz CT molecular complexity index is 4930. The smallest absolute Gasteiger partial charge is 0.303 e. The number of hydrogen-bond donors (Lipinski definition) is 19. The second kappa shape index (κ2) is 50.7. The lowest BCUT2D eigenvalue weighted by molar-refractivity contribution is -0.149. The number of primary amides is 2. The highest BCUT2D eigenvalue weighted by Gasteiger charge is 2.48. The van der Waals surface area contributed by atoms with Crippen LogP contribution in [0, 0.1) is 11.8 Å². The third-order valence-electron chi connectivity index (χ3n) is 24.1. The first-order valence-electron chi connectivity index (χ1n) is 44.5. The lowest BCUT2D eigenvalue weighted by atomic mass is 9.86. The summed E-state index contributed by atoms with van der Waals surface area (Å²) in [5.74, 6) is -20.8. The number of aliphatic hydroxyl groups is 1. The summed E-state index contributed by atoms with van der Waals surface area (Å²) in [7, 11) is 5.40. The molecule has 0 radical (unpaired) electrons. The maximum Gasteiger partial charge on any atom is 0.303 e. The largest absolute Gasteiger partial charge is 0.497 e. The first-order chi connectivity index (χ1) is 62.9. The van der Waals surface area contributed by atoms with Crippen LogP contribution in [0.1, 0.15) is 140 Å². The highest BCUT2D eigenvalue weighted by atomic mass is 32.2. The number of nitrogens with two attached hydrogens (primary N) is 5. The van der Waals surface area contributed by atoms with Crippen LogP contribution in [0.25, 0.3) is 21.8 Å². The molecular weight excluding hydrogens is 1730 g/mol. The number of carbonyl (C=O) groups is 18. The first kappa shape index (κ1) is 105. The molecule has 42 nitrogen and oxygen atoms in total. The molecule has 0 bridgehead atoms. The molecule has 0 spiro atoms. The monoisotopic (exact) mass is 1860 g/mol. The van der Waals surface area contributed by atoms with E-state index in [4.69, 9.17) is 33.4 Å². The van der Waals surface area contributed by atoms with E-state index in [1.807, 2.05) is 13.8 Å². The number of fused-ring (bicyclic) bond motifs is 4. The first-order valence-corrected chi connectivity index (χ1v) is 45.6. The summed E-state index contributed by atoms with van der Waals surface area (Å²) in [5, 5.41) is 48.9. The molecule has 1 aliphatic carbocycles. The van der Waals surface area contributed by atoms with Crippen molar-refractivity contribution in [1.29, 1.82) is 0 Å². The molecular formula is C89H127N21O21S. The molecule has 2 aromatic heterocycles. The van der Waals surface area contributed by atoms with Crippen molar-refractivity contribution in [3.8, 4) is 5.75 Å². The Labute approximate surface area is 768 Å². The molecule has 16 atom stereocenters. The number of benzene rings is 3. The number of thioether (sulfide) groups is 1. The Morgan fingerprint density at radius 1 is 0.523 bits per heavy atom. The van der Waals surface area contributed by atoms with Crippen LogP contribution in [0.15, 0.2) is 85.2 Å². The maximum atomic E-state index is 15.8. The number of aliphatic hydroxyl groups excluding tert-OH is 1. The topological polar surface area (TPSA) is 652 Å². The number of hydrogen-bond acceptors (Lipinski definition) is 24. The number of carboxylic acid groups (broad SMARTS) is 1. The van der Waals surface area contributed by atoms with Gasteiger partial charge in [-0.15, -0.1) is 11.8 Å². The van der Waals surface area contributed by atoms with Gasteiger partial charge in [0.15, 0.2) is 5.78 Å². The number of likely N-dealkylation sites (N-methyl/N-ethyl adjacent to an activating group) is 3. The molecule has 43 heteroatoms. The van der Waals surface area contributed by atoms with Crippen molar-refractivity contribution in [3.05, 3.63) is 102 Å². The van der Waals surface area contributed by atoms with Crippen LogP contribution in [-0.4, -0.2) is 303 Å². The minimum Gasteiger partial charge on any atom is -0.497 e. The average molecular weight is 1860 g/mol. The number of nitrogens with zero attached hydrogens (tertiary/aromatic N) is 4.